The van der Waals surface area contributed by atoms with Gasteiger partial charge >= 0.3 is 0 Å². The van der Waals surface area contributed by atoms with E-state index in [1.807, 2.05) is 6.07 Å². The molecule has 1 aromatic heterocycles. The van der Waals surface area contributed by atoms with E-state index in [1.54, 1.807) is 17.4 Å². The van der Waals surface area contributed by atoms with Crippen LogP contribution in [0.1, 0.15) is 24.1 Å². The van der Waals surface area contributed by atoms with Gasteiger partial charge in [-0.25, -0.2) is 4.39 Å². The average molecular weight is 235 g/mol. The summed E-state index contributed by atoms with van der Waals surface area (Å²) in [6, 6.07) is 7.87. The van der Waals surface area contributed by atoms with Gasteiger partial charge in [0.05, 0.1) is 0 Å². The molecule has 0 amide bonds. The first kappa shape index (κ1) is 10.2. The van der Waals surface area contributed by atoms with E-state index in [1.165, 1.54) is 30.2 Å². The van der Waals surface area contributed by atoms with E-state index in [-0.39, 0.29) is 5.82 Å². The molecular weight excluding hydrogens is 221 g/mol. The highest BCUT2D eigenvalue weighted by molar-refractivity contribution is 7.19. The summed E-state index contributed by atoms with van der Waals surface area (Å²) < 4.78 is 14.1. The van der Waals surface area contributed by atoms with E-state index >= 15 is 0 Å². The molecule has 16 heavy (non-hydrogen) atoms. The second kappa shape index (κ2) is 4.15. The molecule has 3 heteroatoms. The van der Waals surface area contributed by atoms with E-state index in [2.05, 4.69) is 11.4 Å². The molecule has 0 aliphatic heterocycles. The number of benzene rings is 1. The van der Waals surface area contributed by atoms with Gasteiger partial charge in [0, 0.05) is 22.2 Å². The van der Waals surface area contributed by atoms with Crippen LogP contribution in [-0.2, 0) is 6.54 Å². The van der Waals surface area contributed by atoms with Crippen LogP contribution in [-0.4, -0.2) is 6.04 Å². The molecular formula is C13H14FNS. The summed E-state index contributed by atoms with van der Waals surface area (Å²) in [6.45, 7) is 0.922. The Morgan fingerprint density at radius 2 is 2.19 bits per heavy atom. The number of halogens is 1. The number of hydrogen-bond donors (Lipinski definition) is 1. The van der Waals surface area contributed by atoms with Crippen LogP contribution in [0, 0.1) is 5.82 Å². The molecule has 3 rings (SSSR count). The van der Waals surface area contributed by atoms with Gasteiger partial charge in [0.25, 0.3) is 0 Å². The van der Waals surface area contributed by atoms with Crippen molar-refractivity contribution in [1.82, 2.24) is 5.32 Å². The van der Waals surface area contributed by atoms with E-state index in [4.69, 9.17) is 0 Å². The van der Waals surface area contributed by atoms with Gasteiger partial charge in [-0.15, -0.1) is 11.3 Å². The van der Waals surface area contributed by atoms with Gasteiger partial charge < -0.3 is 5.32 Å². The topological polar surface area (TPSA) is 12.0 Å². The minimum absolute atomic E-state index is 0.146. The molecule has 1 aliphatic carbocycles. The Kier molecular flexibility index (Phi) is 2.65. The lowest BCUT2D eigenvalue weighted by molar-refractivity contribution is 0.339. The zero-order valence-electron chi connectivity index (χ0n) is 9.00. The minimum atomic E-state index is -0.146. The Bertz CT molecular complexity index is 502. The second-order valence-electron chi connectivity index (χ2n) is 4.40. The van der Waals surface area contributed by atoms with Crippen molar-refractivity contribution in [2.75, 3.05) is 0 Å². The summed E-state index contributed by atoms with van der Waals surface area (Å²) in [5.74, 6) is -0.146. The van der Waals surface area contributed by atoms with Crippen LogP contribution >= 0.6 is 11.3 Å². The molecule has 84 valence electrons. The third kappa shape index (κ3) is 1.97. The SMILES string of the molecule is Fc1ccc2cc(CNC3CCC3)sc2c1. The molecule has 1 saturated carbocycles. The molecule has 0 spiro atoms. The fraction of sp³-hybridized carbons (Fsp3) is 0.385. The van der Waals surface area contributed by atoms with Crippen molar-refractivity contribution >= 4 is 21.4 Å². The summed E-state index contributed by atoms with van der Waals surface area (Å²) >= 11 is 1.69. The first-order chi connectivity index (χ1) is 7.81. The van der Waals surface area contributed by atoms with Gasteiger partial charge in [-0.1, -0.05) is 12.5 Å². The standard InChI is InChI=1S/C13H14FNS/c14-10-5-4-9-6-12(16-13(9)7-10)8-15-11-2-1-3-11/h4-7,11,15H,1-3,8H2. The molecule has 0 saturated heterocycles. The third-order valence-corrected chi connectivity index (χ3v) is 4.30. The summed E-state index contributed by atoms with van der Waals surface area (Å²) in [7, 11) is 0. The third-order valence-electron chi connectivity index (χ3n) is 3.20. The van der Waals surface area contributed by atoms with Crippen LogP contribution in [0.25, 0.3) is 10.1 Å². The molecule has 1 fully saturated rings. The van der Waals surface area contributed by atoms with Crippen LogP contribution in [0.15, 0.2) is 24.3 Å². The Hall–Kier alpha value is -0.930. The summed E-state index contributed by atoms with van der Waals surface area (Å²) in [5, 5.41) is 4.68. The zero-order valence-corrected chi connectivity index (χ0v) is 9.82. The molecule has 1 nitrogen and oxygen atoms in total. The van der Waals surface area contributed by atoms with Crippen molar-refractivity contribution in [3.8, 4) is 0 Å². The van der Waals surface area contributed by atoms with Crippen LogP contribution in [0.2, 0.25) is 0 Å². The lowest BCUT2D eigenvalue weighted by atomic mass is 9.93. The molecule has 2 aromatic rings. The van der Waals surface area contributed by atoms with Crippen LogP contribution in [0.5, 0.6) is 0 Å². The second-order valence-corrected chi connectivity index (χ2v) is 5.57. The van der Waals surface area contributed by atoms with E-state index < -0.39 is 0 Å². The van der Waals surface area contributed by atoms with E-state index in [0.29, 0.717) is 6.04 Å². The first-order valence-electron chi connectivity index (χ1n) is 5.72. The lowest BCUT2D eigenvalue weighted by Crippen LogP contribution is -2.34. The van der Waals surface area contributed by atoms with Gasteiger partial charge in [0.1, 0.15) is 5.82 Å². The molecule has 0 atom stereocenters. The van der Waals surface area contributed by atoms with Crippen LogP contribution in [0.4, 0.5) is 4.39 Å². The first-order valence-corrected chi connectivity index (χ1v) is 6.54. The Balaban J connectivity index is 1.76. The zero-order chi connectivity index (χ0) is 11.0. The van der Waals surface area contributed by atoms with Crippen LogP contribution < -0.4 is 5.32 Å². The Morgan fingerprint density at radius 3 is 2.94 bits per heavy atom. The van der Waals surface area contributed by atoms with Gasteiger partial charge in [0.2, 0.25) is 0 Å². The highest BCUT2D eigenvalue weighted by Crippen LogP contribution is 2.27. The van der Waals surface area contributed by atoms with Crippen molar-refractivity contribution < 1.29 is 4.39 Å². The number of thiophene rings is 1. The lowest BCUT2D eigenvalue weighted by Gasteiger charge is -2.26. The maximum atomic E-state index is 13.0. The maximum Gasteiger partial charge on any atom is 0.124 e. The highest BCUT2D eigenvalue weighted by atomic mass is 32.1. The Labute approximate surface area is 98.3 Å². The number of hydrogen-bond acceptors (Lipinski definition) is 2. The van der Waals surface area contributed by atoms with Crippen molar-refractivity contribution in [2.45, 2.75) is 31.8 Å². The fourth-order valence-electron chi connectivity index (χ4n) is 2.00. The largest absolute Gasteiger partial charge is 0.309 e. The van der Waals surface area contributed by atoms with Crippen molar-refractivity contribution in [2.24, 2.45) is 0 Å². The fourth-order valence-corrected chi connectivity index (χ4v) is 3.04. The number of rotatable bonds is 3. The summed E-state index contributed by atoms with van der Waals surface area (Å²) in [4.78, 5) is 1.30. The smallest absolute Gasteiger partial charge is 0.124 e. The van der Waals surface area contributed by atoms with Gasteiger partial charge in [-0.2, -0.15) is 0 Å². The predicted octanol–water partition coefficient (Wildman–Crippen LogP) is 3.68. The van der Waals surface area contributed by atoms with Crippen molar-refractivity contribution in [3.05, 3.63) is 35.0 Å². The summed E-state index contributed by atoms with van der Waals surface area (Å²) in [6.07, 6.45) is 3.97. The molecule has 0 unspecified atom stereocenters. The molecule has 1 heterocycles. The number of nitrogens with one attached hydrogen (secondary N) is 1. The van der Waals surface area contributed by atoms with E-state index in [0.717, 1.165) is 16.6 Å². The van der Waals surface area contributed by atoms with Gasteiger partial charge in [0.15, 0.2) is 0 Å². The Morgan fingerprint density at radius 1 is 1.31 bits per heavy atom. The molecule has 1 aliphatic rings. The van der Waals surface area contributed by atoms with Gasteiger partial charge in [-0.05, 0) is 36.4 Å². The average Bonchev–Trinajstić information content (AvgIpc) is 2.57. The van der Waals surface area contributed by atoms with E-state index in [9.17, 15) is 4.39 Å². The van der Waals surface area contributed by atoms with Crippen molar-refractivity contribution in [1.29, 1.82) is 0 Å². The number of fused-ring (bicyclic) bond motifs is 1. The molecule has 1 N–H and O–H groups in total. The molecule has 0 radical (unpaired) electrons. The minimum Gasteiger partial charge on any atom is -0.309 e. The predicted molar refractivity (Wildman–Crippen MR) is 66.3 cm³/mol. The van der Waals surface area contributed by atoms with Crippen molar-refractivity contribution in [3.63, 3.8) is 0 Å². The highest BCUT2D eigenvalue weighted by Gasteiger charge is 2.16. The normalized spacial score (nSPS) is 16.6. The molecule has 1 aromatic carbocycles. The van der Waals surface area contributed by atoms with Crippen LogP contribution in [0.3, 0.4) is 0 Å². The molecule has 0 bridgehead atoms. The quantitative estimate of drug-likeness (QED) is 0.855. The monoisotopic (exact) mass is 235 g/mol. The van der Waals surface area contributed by atoms with Gasteiger partial charge in [-0.3, -0.25) is 0 Å². The summed E-state index contributed by atoms with van der Waals surface area (Å²) in [5.41, 5.74) is 0. The maximum absolute atomic E-state index is 13.0.